The van der Waals surface area contributed by atoms with E-state index in [9.17, 15) is 0 Å². The topological polar surface area (TPSA) is 24.4 Å². The Kier molecular flexibility index (Phi) is 7.21. The van der Waals surface area contributed by atoms with E-state index in [2.05, 4.69) is 64.7 Å². The van der Waals surface area contributed by atoms with Gasteiger partial charge in [-0.1, -0.05) is 45.6 Å². The molecule has 0 amide bonds. The molecule has 0 aromatic rings. The number of rotatable bonds is 8. The van der Waals surface area contributed by atoms with Crippen molar-refractivity contribution in [3.05, 3.63) is 47.3 Å². The van der Waals surface area contributed by atoms with Gasteiger partial charge in [0.1, 0.15) is 0 Å². The van der Waals surface area contributed by atoms with E-state index in [4.69, 9.17) is 4.99 Å². The summed E-state index contributed by atoms with van der Waals surface area (Å²) in [4.78, 5) is 4.73. The molecule has 0 aromatic carbocycles. The molecule has 0 aromatic heterocycles. The second-order valence-corrected chi connectivity index (χ2v) is 5.80. The van der Waals surface area contributed by atoms with Crippen molar-refractivity contribution in [2.75, 3.05) is 6.54 Å². The Morgan fingerprint density at radius 2 is 2.10 bits per heavy atom. The van der Waals surface area contributed by atoms with Crippen LogP contribution in [-0.2, 0) is 0 Å². The van der Waals surface area contributed by atoms with Gasteiger partial charge in [0.15, 0.2) is 0 Å². The van der Waals surface area contributed by atoms with E-state index in [1.54, 1.807) is 0 Å². The lowest BCUT2D eigenvalue weighted by Crippen LogP contribution is -2.20. The highest BCUT2D eigenvalue weighted by Gasteiger charge is 2.14. The second kappa shape index (κ2) is 8.66. The first-order valence-electron chi connectivity index (χ1n) is 8.02. The average Bonchev–Trinajstić information content (AvgIpc) is 2.98. The van der Waals surface area contributed by atoms with Crippen LogP contribution in [0.1, 0.15) is 53.9 Å². The molecule has 0 radical (unpaired) electrons. The van der Waals surface area contributed by atoms with Gasteiger partial charge in [0.25, 0.3) is 0 Å². The van der Waals surface area contributed by atoms with Gasteiger partial charge in [-0.3, -0.25) is 4.99 Å². The Bertz CT molecular complexity index is 490. The van der Waals surface area contributed by atoms with E-state index < -0.39 is 0 Å². The Labute approximate surface area is 130 Å². The lowest BCUT2D eigenvalue weighted by molar-refractivity contribution is 0.638. The van der Waals surface area contributed by atoms with Gasteiger partial charge in [-0.15, -0.1) is 0 Å². The maximum Gasteiger partial charge on any atom is 0.0426 e. The average molecular weight is 286 g/mol. The molecule has 0 aliphatic heterocycles. The van der Waals surface area contributed by atoms with Crippen LogP contribution in [0, 0.1) is 5.92 Å². The SMILES string of the molecule is C=C(NCC1=CC=CC1)/C(=C(C)/N=C(\C)CC)C(C)CC. The summed E-state index contributed by atoms with van der Waals surface area (Å²) in [6.07, 6.45) is 9.62. The number of allylic oxidation sites excluding steroid dienone is 5. The van der Waals surface area contributed by atoms with E-state index in [-0.39, 0.29) is 0 Å². The first-order chi connectivity index (χ1) is 9.99. The molecule has 0 spiro atoms. The minimum absolute atomic E-state index is 0.467. The molecule has 0 saturated heterocycles. The molecule has 2 heteroatoms. The molecule has 0 bridgehead atoms. The third-order valence-corrected chi connectivity index (χ3v) is 4.07. The van der Waals surface area contributed by atoms with Crippen molar-refractivity contribution in [1.82, 2.24) is 5.32 Å². The van der Waals surface area contributed by atoms with Crippen molar-refractivity contribution in [1.29, 1.82) is 0 Å². The molecule has 116 valence electrons. The quantitative estimate of drug-likeness (QED) is 0.483. The maximum atomic E-state index is 4.73. The van der Waals surface area contributed by atoms with Crippen molar-refractivity contribution in [3.8, 4) is 0 Å². The van der Waals surface area contributed by atoms with E-state index in [0.717, 1.165) is 37.2 Å². The number of aliphatic imine (C=N–C) groups is 1. The number of nitrogens with zero attached hydrogens (tertiary/aromatic N) is 1. The van der Waals surface area contributed by atoms with Crippen LogP contribution in [0.15, 0.2) is 52.3 Å². The predicted octanol–water partition coefficient (Wildman–Crippen LogP) is 5.17. The standard InChI is InChI=1S/C19H30N2/c1-7-14(3)19(17(6)21-15(4)8-2)16(5)20-13-18-11-9-10-12-18/h9-11,14,20H,5,7-8,12-13H2,1-4,6H3/b19-17+,21-15+. The highest BCUT2D eigenvalue weighted by atomic mass is 14.9. The third-order valence-electron chi connectivity index (χ3n) is 4.07. The van der Waals surface area contributed by atoms with Crippen molar-refractivity contribution < 1.29 is 0 Å². The fourth-order valence-electron chi connectivity index (χ4n) is 2.44. The highest BCUT2D eigenvalue weighted by Crippen LogP contribution is 2.25. The summed E-state index contributed by atoms with van der Waals surface area (Å²) < 4.78 is 0. The molecule has 0 fully saturated rings. The summed E-state index contributed by atoms with van der Waals surface area (Å²) in [7, 11) is 0. The van der Waals surface area contributed by atoms with E-state index >= 15 is 0 Å². The Balaban J connectivity index is 2.86. The molecule has 1 atom stereocenters. The Hall–Kier alpha value is -1.57. The molecule has 1 aliphatic rings. The maximum absolute atomic E-state index is 4.73. The molecule has 1 aliphatic carbocycles. The summed E-state index contributed by atoms with van der Waals surface area (Å²) in [5, 5.41) is 3.48. The predicted molar refractivity (Wildman–Crippen MR) is 94.5 cm³/mol. The zero-order chi connectivity index (χ0) is 15.8. The van der Waals surface area contributed by atoms with E-state index in [1.807, 2.05) is 0 Å². The molecule has 1 unspecified atom stereocenters. The third kappa shape index (κ3) is 5.37. The largest absolute Gasteiger partial charge is 0.381 e. The van der Waals surface area contributed by atoms with Crippen molar-refractivity contribution in [2.45, 2.75) is 53.9 Å². The smallest absolute Gasteiger partial charge is 0.0426 e. The summed E-state index contributed by atoms with van der Waals surface area (Å²) in [5.74, 6) is 0.467. The zero-order valence-corrected chi connectivity index (χ0v) is 14.3. The number of hydrogen-bond donors (Lipinski definition) is 1. The van der Waals surface area contributed by atoms with Gasteiger partial charge in [-0.25, -0.2) is 0 Å². The molecule has 21 heavy (non-hydrogen) atoms. The monoisotopic (exact) mass is 286 g/mol. The Morgan fingerprint density at radius 3 is 2.62 bits per heavy atom. The molecule has 2 nitrogen and oxygen atoms in total. The summed E-state index contributed by atoms with van der Waals surface area (Å²) in [5.41, 5.74) is 5.95. The van der Waals surface area contributed by atoms with Crippen LogP contribution >= 0.6 is 0 Å². The van der Waals surface area contributed by atoms with E-state index in [0.29, 0.717) is 5.92 Å². The second-order valence-electron chi connectivity index (χ2n) is 5.80. The molecule has 0 saturated carbocycles. The van der Waals surface area contributed by atoms with Crippen LogP contribution in [-0.4, -0.2) is 12.3 Å². The fraction of sp³-hybridized carbons (Fsp3) is 0.526. The van der Waals surface area contributed by atoms with Crippen LogP contribution < -0.4 is 5.32 Å². The molecular weight excluding hydrogens is 256 g/mol. The van der Waals surface area contributed by atoms with Gasteiger partial charge in [0.2, 0.25) is 0 Å². The Morgan fingerprint density at radius 1 is 1.38 bits per heavy atom. The van der Waals surface area contributed by atoms with Gasteiger partial charge in [-0.2, -0.15) is 0 Å². The van der Waals surface area contributed by atoms with E-state index in [1.165, 1.54) is 16.9 Å². The summed E-state index contributed by atoms with van der Waals surface area (Å²) >= 11 is 0. The van der Waals surface area contributed by atoms with Crippen LogP contribution in [0.5, 0.6) is 0 Å². The minimum Gasteiger partial charge on any atom is -0.381 e. The zero-order valence-electron chi connectivity index (χ0n) is 14.3. The number of hydrogen-bond acceptors (Lipinski definition) is 2. The molecule has 1 rings (SSSR count). The van der Waals surface area contributed by atoms with Gasteiger partial charge < -0.3 is 5.32 Å². The first kappa shape index (κ1) is 17.5. The molecule has 1 N–H and O–H groups in total. The minimum atomic E-state index is 0.467. The molecular formula is C19H30N2. The lowest BCUT2D eigenvalue weighted by atomic mass is 9.94. The number of nitrogens with one attached hydrogen (secondary N) is 1. The van der Waals surface area contributed by atoms with Gasteiger partial charge in [0.05, 0.1) is 0 Å². The van der Waals surface area contributed by atoms with Crippen molar-refractivity contribution in [3.63, 3.8) is 0 Å². The van der Waals surface area contributed by atoms with Crippen molar-refractivity contribution >= 4 is 5.71 Å². The normalized spacial score (nSPS) is 17.4. The fourth-order valence-corrected chi connectivity index (χ4v) is 2.44. The van der Waals surface area contributed by atoms with Crippen molar-refractivity contribution in [2.24, 2.45) is 10.9 Å². The van der Waals surface area contributed by atoms with Crippen LogP contribution in [0.25, 0.3) is 0 Å². The molecule has 0 heterocycles. The van der Waals surface area contributed by atoms with Crippen LogP contribution in [0.4, 0.5) is 0 Å². The summed E-state index contributed by atoms with van der Waals surface area (Å²) in [6, 6.07) is 0. The van der Waals surface area contributed by atoms with Gasteiger partial charge in [0, 0.05) is 23.7 Å². The summed E-state index contributed by atoms with van der Waals surface area (Å²) in [6.45, 7) is 15.9. The first-order valence-corrected chi connectivity index (χ1v) is 8.02. The van der Waals surface area contributed by atoms with Gasteiger partial charge >= 0.3 is 0 Å². The lowest BCUT2D eigenvalue weighted by Gasteiger charge is -2.20. The van der Waals surface area contributed by atoms with Gasteiger partial charge in [-0.05, 0) is 50.2 Å². The van der Waals surface area contributed by atoms with Crippen LogP contribution in [0.2, 0.25) is 0 Å². The van der Waals surface area contributed by atoms with Crippen LogP contribution in [0.3, 0.4) is 0 Å². The highest BCUT2D eigenvalue weighted by molar-refractivity contribution is 5.82.